The number of hydrogen-bond donors (Lipinski definition) is 0. The van der Waals surface area contributed by atoms with Crippen molar-refractivity contribution in [2.45, 2.75) is 26.6 Å². The Bertz CT molecular complexity index is 1220. The van der Waals surface area contributed by atoms with E-state index in [1.165, 1.54) is 5.56 Å². The molecule has 2 heterocycles. The molecule has 0 fully saturated rings. The van der Waals surface area contributed by atoms with Crippen molar-refractivity contribution in [3.05, 3.63) is 106 Å². The van der Waals surface area contributed by atoms with Gasteiger partial charge in [0.15, 0.2) is 5.76 Å². The fraction of sp³-hybridized carbons (Fsp3) is 0.148. The summed E-state index contributed by atoms with van der Waals surface area (Å²) < 4.78 is 17.8. The number of carbonyl (C=O) groups excluding carboxylic acids is 1. The normalized spacial score (nSPS) is 18.0. The predicted octanol–water partition coefficient (Wildman–Crippen LogP) is 5.90. The van der Waals surface area contributed by atoms with Crippen molar-refractivity contribution in [1.82, 2.24) is 0 Å². The molecule has 4 heteroatoms. The van der Waals surface area contributed by atoms with Crippen molar-refractivity contribution < 1.29 is 19.0 Å². The number of para-hydroxylation sites is 1. The van der Waals surface area contributed by atoms with Crippen LogP contribution < -0.4 is 14.2 Å². The van der Waals surface area contributed by atoms with E-state index >= 15 is 0 Å². The van der Waals surface area contributed by atoms with Crippen LogP contribution in [-0.2, 0) is 6.61 Å². The van der Waals surface area contributed by atoms with E-state index in [-0.39, 0.29) is 11.9 Å². The molecular weight excluding hydrogens is 388 g/mol. The van der Waals surface area contributed by atoms with Crippen LogP contribution in [0.1, 0.15) is 34.0 Å². The summed E-state index contributed by atoms with van der Waals surface area (Å²) in [5.74, 6) is 2.19. The Hall–Kier alpha value is -3.79. The highest BCUT2D eigenvalue weighted by molar-refractivity contribution is 6.12. The van der Waals surface area contributed by atoms with Crippen LogP contribution in [0.3, 0.4) is 0 Å². The van der Waals surface area contributed by atoms with Gasteiger partial charge in [0.2, 0.25) is 5.78 Å². The molecule has 0 aliphatic carbocycles. The molecule has 3 aromatic rings. The zero-order valence-electron chi connectivity index (χ0n) is 17.4. The van der Waals surface area contributed by atoms with Crippen molar-refractivity contribution in [3.63, 3.8) is 0 Å². The fourth-order valence-corrected chi connectivity index (χ4v) is 3.68. The third kappa shape index (κ3) is 3.84. The van der Waals surface area contributed by atoms with Crippen molar-refractivity contribution in [2.24, 2.45) is 0 Å². The number of ether oxygens (including phenoxy) is 3. The van der Waals surface area contributed by atoms with Crippen molar-refractivity contribution in [3.8, 4) is 17.2 Å². The second-order valence-electron chi connectivity index (χ2n) is 7.81. The van der Waals surface area contributed by atoms with E-state index in [9.17, 15) is 4.79 Å². The fourth-order valence-electron chi connectivity index (χ4n) is 3.68. The van der Waals surface area contributed by atoms with Gasteiger partial charge in [0.05, 0.1) is 5.56 Å². The van der Waals surface area contributed by atoms with E-state index in [1.807, 2.05) is 49.4 Å². The first-order valence-electron chi connectivity index (χ1n) is 10.3. The average molecular weight is 410 g/mol. The number of allylic oxidation sites excluding steroid dienone is 1. The molecule has 0 saturated carbocycles. The van der Waals surface area contributed by atoms with Crippen LogP contribution in [0.15, 0.2) is 84.1 Å². The molecule has 31 heavy (non-hydrogen) atoms. The van der Waals surface area contributed by atoms with Gasteiger partial charge in [-0.3, -0.25) is 4.79 Å². The summed E-state index contributed by atoms with van der Waals surface area (Å²) in [5, 5.41) is 0. The Kier molecular flexibility index (Phi) is 4.83. The number of ketones is 1. The molecule has 1 atom stereocenters. The van der Waals surface area contributed by atoms with Crippen LogP contribution in [0, 0.1) is 6.92 Å². The first-order chi connectivity index (χ1) is 15.1. The number of fused-ring (bicyclic) bond motifs is 2. The molecule has 0 aromatic heterocycles. The molecule has 0 saturated heterocycles. The number of carbonyl (C=O) groups is 1. The minimum Gasteiger partial charge on any atom is -0.489 e. The third-order valence-electron chi connectivity index (χ3n) is 5.48. The first-order valence-corrected chi connectivity index (χ1v) is 10.3. The molecule has 2 aliphatic heterocycles. The van der Waals surface area contributed by atoms with Crippen molar-refractivity contribution >= 4 is 11.9 Å². The summed E-state index contributed by atoms with van der Waals surface area (Å²) in [4.78, 5) is 12.8. The van der Waals surface area contributed by atoms with Crippen LogP contribution in [0.5, 0.6) is 17.2 Å². The van der Waals surface area contributed by atoms with Gasteiger partial charge in [0.25, 0.3) is 0 Å². The van der Waals surface area contributed by atoms with Gasteiger partial charge in [-0.25, -0.2) is 0 Å². The van der Waals surface area contributed by atoms with E-state index in [1.54, 1.807) is 24.3 Å². The summed E-state index contributed by atoms with van der Waals surface area (Å²) in [7, 11) is 0. The maximum absolute atomic E-state index is 12.8. The van der Waals surface area contributed by atoms with Gasteiger partial charge in [-0.05, 0) is 55.3 Å². The molecule has 0 bridgehead atoms. The quantitative estimate of drug-likeness (QED) is 0.503. The monoisotopic (exact) mass is 410 g/mol. The van der Waals surface area contributed by atoms with Gasteiger partial charge in [-0.15, -0.1) is 0 Å². The van der Waals surface area contributed by atoms with Crippen molar-refractivity contribution in [2.75, 3.05) is 0 Å². The summed E-state index contributed by atoms with van der Waals surface area (Å²) in [6, 6.07) is 21.4. The largest absolute Gasteiger partial charge is 0.489 e. The Morgan fingerprint density at radius 3 is 2.65 bits per heavy atom. The molecule has 0 N–H and O–H groups in total. The number of benzene rings is 3. The number of hydrogen-bond acceptors (Lipinski definition) is 4. The number of aryl methyl sites for hydroxylation is 1. The van der Waals surface area contributed by atoms with Crippen LogP contribution in [0.25, 0.3) is 6.08 Å². The van der Waals surface area contributed by atoms with Crippen molar-refractivity contribution in [1.29, 1.82) is 0 Å². The van der Waals surface area contributed by atoms with E-state index in [0.717, 1.165) is 22.4 Å². The second kappa shape index (κ2) is 7.80. The molecule has 3 aromatic carbocycles. The lowest BCUT2D eigenvalue weighted by atomic mass is 10.0. The predicted molar refractivity (Wildman–Crippen MR) is 120 cm³/mol. The standard InChI is InChI=1S/C27H22O4/c1-17-7-9-19(10-8-17)16-29-22-11-12-23-25(15-22)31-26(27(23)28)14-21-13-20-5-3-4-6-24(20)30-18(21)2/h3-15,18H,16H2,1-2H3/b26-14-. The van der Waals surface area contributed by atoms with Gasteiger partial charge >= 0.3 is 0 Å². The molecule has 154 valence electrons. The van der Waals surface area contributed by atoms with E-state index in [0.29, 0.717) is 29.4 Å². The maximum atomic E-state index is 12.8. The molecule has 4 nitrogen and oxygen atoms in total. The molecule has 5 rings (SSSR count). The molecule has 0 spiro atoms. The van der Waals surface area contributed by atoms with Gasteiger partial charge in [-0.2, -0.15) is 0 Å². The lowest BCUT2D eigenvalue weighted by Gasteiger charge is -2.22. The Morgan fingerprint density at radius 2 is 1.81 bits per heavy atom. The van der Waals surface area contributed by atoms with Gasteiger partial charge in [0.1, 0.15) is 30.0 Å². The van der Waals surface area contributed by atoms with Crippen LogP contribution in [0.4, 0.5) is 0 Å². The number of Topliss-reactive ketones (excluding diaryl/α,β-unsaturated/α-hetero) is 1. The zero-order valence-corrected chi connectivity index (χ0v) is 17.4. The smallest absolute Gasteiger partial charge is 0.231 e. The van der Waals surface area contributed by atoms with Gasteiger partial charge < -0.3 is 14.2 Å². The molecular formula is C27H22O4. The molecule has 1 unspecified atom stereocenters. The summed E-state index contributed by atoms with van der Waals surface area (Å²) in [6.45, 7) is 4.47. The maximum Gasteiger partial charge on any atom is 0.231 e. The number of rotatable bonds is 4. The van der Waals surface area contributed by atoms with Crippen LogP contribution in [-0.4, -0.2) is 11.9 Å². The second-order valence-corrected chi connectivity index (χ2v) is 7.81. The molecule has 0 amide bonds. The van der Waals surface area contributed by atoms with Gasteiger partial charge in [0, 0.05) is 11.6 Å². The SMILES string of the molecule is Cc1ccc(COc2ccc3c(c2)O/C(=C\C2=Cc4ccccc4OC2C)C3=O)cc1. The third-order valence-corrected chi connectivity index (χ3v) is 5.48. The minimum atomic E-state index is -0.170. The molecule has 2 aliphatic rings. The topological polar surface area (TPSA) is 44.8 Å². The lowest BCUT2D eigenvalue weighted by Crippen LogP contribution is -2.18. The van der Waals surface area contributed by atoms with Gasteiger partial charge in [-0.1, -0.05) is 48.0 Å². The average Bonchev–Trinajstić information content (AvgIpc) is 3.08. The minimum absolute atomic E-state index is 0.132. The molecule has 0 radical (unpaired) electrons. The van der Waals surface area contributed by atoms with E-state index in [4.69, 9.17) is 14.2 Å². The highest BCUT2D eigenvalue weighted by Crippen LogP contribution is 2.36. The van der Waals surface area contributed by atoms with E-state index in [2.05, 4.69) is 19.1 Å². The Labute approximate surface area is 181 Å². The lowest BCUT2D eigenvalue weighted by molar-refractivity contribution is 0.101. The summed E-state index contributed by atoms with van der Waals surface area (Å²) >= 11 is 0. The van der Waals surface area contributed by atoms with E-state index < -0.39 is 0 Å². The highest BCUT2D eigenvalue weighted by Gasteiger charge is 2.29. The Morgan fingerprint density at radius 1 is 1.00 bits per heavy atom. The van der Waals surface area contributed by atoms with Crippen LogP contribution in [0.2, 0.25) is 0 Å². The summed E-state index contributed by atoms with van der Waals surface area (Å²) in [5.41, 5.74) is 4.72. The summed E-state index contributed by atoms with van der Waals surface area (Å²) in [6.07, 6.45) is 3.64. The Balaban J connectivity index is 1.35. The first kappa shape index (κ1) is 19.2. The highest BCUT2D eigenvalue weighted by atomic mass is 16.5. The zero-order chi connectivity index (χ0) is 21.4. The van der Waals surface area contributed by atoms with Crippen LogP contribution >= 0.6 is 0 Å².